The summed E-state index contributed by atoms with van der Waals surface area (Å²) in [5.41, 5.74) is 3.38. The molecule has 0 amide bonds. The summed E-state index contributed by atoms with van der Waals surface area (Å²) in [6.45, 7) is 3.01. The van der Waals surface area contributed by atoms with E-state index in [0.29, 0.717) is 0 Å². The van der Waals surface area contributed by atoms with E-state index < -0.39 is 0 Å². The Bertz CT molecular complexity index is 1130. The maximum Gasteiger partial charge on any atom is 0.193 e. The number of hydrogen-bond donors (Lipinski definition) is 1. The first-order valence-corrected chi connectivity index (χ1v) is 8.93. The van der Waals surface area contributed by atoms with Crippen LogP contribution in [0.15, 0.2) is 60.7 Å². The van der Waals surface area contributed by atoms with Gasteiger partial charge < -0.3 is 14.8 Å². The second-order valence-electron chi connectivity index (χ2n) is 6.60. The lowest BCUT2D eigenvalue weighted by Gasteiger charge is -2.25. The van der Waals surface area contributed by atoms with Gasteiger partial charge in [-0.2, -0.15) is 0 Å². The van der Waals surface area contributed by atoms with Crippen molar-refractivity contribution in [2.24, 2.45) is 0 Å². The first-order chi connectivity index (χ1) is 12.8. The summed E-state index contributed by atoms with van der Waals surface area (Å²) < 4.78 is 12.3. The third-order valence-corrected chi connectivity index (χ3v) is 4.98. The fraction of sp³-hybridized carbons (Fsp3) is 0.130. The van der Waals surface area contributed by atoms with E-state index in [9.17, 15) is 0 Å². The molecule has 26 heavy (non-hydrogen) atoms. The van der Waals surface area contributed by atoms with E-state index in [-0.39, 0.29) is 0 Å². The van der Waals surface area contributed by atoms with Gasteiger partial charge in [-0.1, -0.05) is 42.5 Å². The van der Waals surface area contributed by atoms with Crippen LogP contribution in [0.1, 0.15) is 18.9 Å². The number of rotatable bonds is 0. The Hall–Kier alpha value is -3.20. The average molecular weight is 341 g/mol. The van der Waals surface area contributed by atoms with E-state index in [1.165, 1.54) is 16.0 Å². The molecular weight excluding hydrogens is 322 g/mol. The van der Waals surface area contributed by atoms with Gasteiger partial charge in [0, 0.05) is 12.1 Å². The number of nitrogens with one attached hydrogen (secondary N) is 1. The third kappa shape index (κ3) is 2.36. The molecule has 0 fully saturated rings. The molecule has 5 rings (SSSR count). The van der Waals surface area contributed by atoms with Gasteiger partial charge in [-0.05, 0) is 53.6 Å². The smallest absolute Gasteiger partial charge is 0.193 e. The zero-order chi connectivity index (χ0) is 17.5. The molecule has 3 aromatic rings. The summed E-state index contributed by atoms with van der Waals surface area (Å²) in [5, 5.41) is 6.11. The lowest BCUT2D eigenvalue weighted by Crippen LogP contribution is -2.26. The zero-order valence-corrected chi connectivity index (χ0v) is 14.6. The summed E-state index contributed by atoms with van der Waals surface area (Å²) in [5.74, 6) is 3.02. The lowest BCUT2D eigenvalue weighted by molar-refractivity contribution is 0.361. The Kier molecular flexibility index (Phi) is 3.45. The van der Waals surface area contributed by atoms with Gasteiger partial charge in [0.25, 0.3) is 0 Å². The van der Waals surface area contributed by atoms with Crippen molar-refractivity contribution in [3.05, 3.63) is 76.7 Å². The van der Waals surface area contributed by atoms with Gasteiger partial charge in [0.1, 0.15) is 0 Å². The number of ether oxygens (including phenoxy) is 2. The molecule has 0 radical (unpaired) electrons. The van der Waals surface area contributed by atoms with Crippen molar-refractivity contribution in [3.63, 3.8) is 0 Å². The van der Waals surface area contributed by atoms with Gasteiger partial charge in [0.2, 0.25) is 0 Å². The minimum atomic E-state index is 0.749. The largest absolute Gasteiger partial charge is 0.449 e. The van der Waals surface area contributed by atoms with E-state index >= 15 is 0 Å². The molecule has 3 aromatic carbocycles. The third-order valence-electron chi connectivity index (χ3n) is 4.98. The van der Waals surface area contributed by atoms with E-state index in [0.717, 1.165) is 47.2 Å². The van der Waals surface area contributed by atoms with Crippen LogP contribution in [-0.2, 0) is 0 Å². The van der Waals surface area contributed by atoms with Gasteiger partial charge in [-0.3, -0.25) is 0 Å². The molecular formula is C23H19NO2. The molecule has 0 atom stereocenters. The Morgan fingerprint density at radius 3 is 2.46 bits per heavy atom. The van der Waals surface area contributed by atoms with Crippen molar-refractivity contribution in [2.75, 3.05) is 11.9 Å². The molecule has 0 bridgehead atoms. The second-order valence-corrected chi connectivity index (χ2v) is 6.60. The van der Waals surface area contributed by atoms with Crippen molar-refractivity contribution in [1.29, 1.82) is 0 Å². The van der Waals surface area contributed by atoms with Gasteiger partial charge >= 0.3 is 0 Å². The number of fused-ring (bicyclic) bond motifs is 5. The number of para-hydroxylation sites is 2. The van der Waals surface area contributed by atoms with E-state index in [1.54, 1.807) is 0 Å². The van der Waals surface area contributed by atoms with Gasteiger partial charge in [0.15, 0.2) is 23.0 Å². The van der Waals surface area contributed by atoms with Crippen LogP contribution in [0, 0.1) is 0 Å². The molecule has 0 spiro atoms. The van der Waals surface area contributed by atoms with E-state index in [4.69, 9.17) is 9.47 Å². The van der Waals surface area contributed by atoms with E-state index in [1.807, 2.05) is 30.3 Å². The van der Waals surface area contributed by atoms with Crippen molar-refractivity contribution >= 4 is 17.3 Å². The minimum Gasteiger partial charge on any atom is -0.449 e. The van der Waals surface area contributed by atoms with Crippen molar-refractivity contribution in [2.45, 2.75) is 13.3 Å². The maximum absolute atomic E-state index is 6.24. The Morgan fingerprint density at radius 2 is 1.58 bits per heavy atom. The summed E-state index contributed by atoms with van der Waals surface area (Å²) in [6, 6.07) is 20.4. The molecule has 2 aliphatic heterocycles. The van der Waals surface area contributed by atoms with Crippen LogP contribution < -0.4 is 25.2 Å². The zero-order valence-electron chi connectivity index (χ0n) is 14.6. The van der Waals surface area contributed by atoms with Crippen LogP contribution in [0.4, 0.5) is 5.69 Å². The number of hydrogen-bond acceptors (Lipinski definition) is 3. The fourth-order valence-corrected chi connectivity index (χ4v) is 3.67. The lowest BCUT2D eigenvalue weighted by atomic mass is 10.0. The standard InChI is InChI=1S/C23H19NO2/c1-15-17-9-3-2-7-16(17)8-6-14-24-22-18(15)12-13-21-23(22)26-20-11-5-4-10-19(20)25-21/h2-5,7-13,24H,6,14H2,1H3/b16-8-,17-15+. The summed E-state index contributed by atoms with van der Waals surface area (Å²) in [7, 11) is 0. The molecule has 3 nitrogen and oxygen atoms in total. The van der Waals surface area contributed by atoms with Crippen LogP contribution in [0.5, 0.6) is 23.0 Å². The highest BCUT2D eigenvalue weighted by molar-refractivity contribution is 5.83. The first-order valence-electron chi connectivity index (χ1n) is 8.93. The van der Waals surface area contributed by atoms with Crippen molar-refractivity contribution in [1.82, 2.24) is 0 Å². The van der Waals surface area contributed by atoms with Crippen molar-refractivity contribution < 1.29 is 9.47 Å². The molecule has 2 aliphatic rings. The average Bonchev–Trinajstić information content (AvgIpc) is 2.75. The Labute approximate surface area is 152 Å². The maximum atomic E-state index is 6.24. The second kappa shape index (κ2) is 5.95. The SMILES string of the molecule is C/C1=c2/cccc/c2=C/CCNc2c1ccc1c2Oc2ccccc2O1. The summed E-state index contributed by atoms with van der Waals surface area (Å²) >= 11 is 0. The highest BCUT2D eigenvalue weighted by Gasteiger charge is 2.24. The predicted molar refractivity (Wildman–Crippen MR) is 104 cm³/mol. The Balaban J connectivity index is 1.76. The molecule has 2 heterocycles. The van der Waals surface area contributed by atoms with Crippen LogP contribution >= 0.6 is 0 Å². The normalized spacial score (nSPS) is 17.8. The number of benzene rings is 3. The highest BCUT2D eigenvalue weighted by Crippen LogP contribution is 2.50. The first kappa shape index (κ1) is 15.1. The van der Waals surface area contributed by atoms with E-state index in [2.05, 4.69) is 48.6 Å². The number of anilines is 1. The molecule has 0 aliphatic carbocycles. The molecule has 0 unspecified atom stereocenters. The van der Waals surface area contributed by atoms with Gasteiger partial charge in [-0.25, -0.2) is 0 Å². The summed E-state index contributed by atoms with van der Waals surface area (Å²) in [6.07, 6.45) is 3.24. The monoisotopic (exact) mass is 341 g/mol. The molecule has 0 saturated heterocycles. The molecule has 0 aromatic heterocycles. The topological polar surface area (TPSA) is 30.5 Å². The highest BCUT2D eigenvalue weighted by atomic mass is 16.6. The molecule has 0 saturated carbocycles. The molecule has 1 N–H and O–H groups in total. The molecule has 3 heteroatoms. The molecule has 128 valence electrons. The van der Waals surface area contributed by atoms with Crippen molar-refractivity contribution in [3.8, 4) is 23.0 Å². The van der Waals surface area contributed by atoms with Gasteiger partial charge in [0.05, 0.1) is 5.69 Å². The minimum absolute atomic E-state index is 0.749. The van der Waals surface area contributed by atoms with Gasteiger partial charge in [-0.15, -0.1) is 0 Å². The quantitative estimate of drug-likeness (QED) is 0.514. The van der Waals surface area contributed by atoms with Crippen LogP contribution in [-0.4, -0.2) is 6.54 Å². The van der Waals surface area contributed by atoms with Crippen LogP contribution in [0.3, 0.4) is 0 Å². The Morgan fingerprint density at radius 1 is 0.808 bits per heavy atom. The van der Waals surface area contributed by atoms with Crippen LogP contribution in [0.2, 0.25) is 0 Å². The predicted octanol–water partition coefficient (Wildman–Crippen LogP) is 4.40. The fourth-order valence-electron chi connectivity index (χ4n) is 3.67. The van der Waals surface area contributed by atoms with Crippen LogP contribution in [0.25, 0.3) is 11.6 Å². The summed E-state index contributed by atoms with van der Waals surface area (Å²) in [4.78, 5) is 0.